The van der Waals surface area contributed by atoms with Gasteiger partial charge in [0, 0.05) is 23.9 Å². The number of rotatable bonds is 6. The number of benzene rings is 2. The predicted octanol–water partition coefficient (Wildman–Crippen LogP) is 4.51. The lowest BCUT2D eigenvalue weighted by Crippen LogP contribution is -2.06. The highest BCUT2D eigenvalue weighted by molar-refractivity contribution is 5.54. The number of nitro groups is 1. The molecule has 2 rings (SSSR count). The van der Waals surface area contributed by atoms with Crippen LogP contribution in [0, 0.1) is 17.0 Å². The molecule has 0 aliphatic carbocycles. The first kappa shape index (κ1) is 15.0. The molecule has 0 saturated heterocycles. The highest BCUT2D eigenvalue weighted by atomic mass is 16.6. The van der Waals surface area contributed by atoms with Crippen LogP contribution in [-0.2, 0) is 0 Å². The summed E-state index contributed by atoms with van der Waals surface area (Å²) in [6.45, 7) is 4.73. The minimum Gasteiger partial charge on any atom is -0.385 e. The Hall–Kier alpha value is -2.36. The van der Waals surface area contributed by atoms with Crippen LogP contribution in [0.1, 0.15) is 30.4 Å². The third kappa shape index (κ3) is 4.05. The summed E-state index contributed by atoms with van der Waals surface area (Å²) < 4.78 is 0. The normalized spacial score (nSPS) is 11.9. The van der Waals surface area contributed by atoms with Crippen LogP contribution < -0.4 is 5.32 Å². The summed E-state index contributed by atoms with van der Waals surface area (Å²) >= 11 is 0. The molecule has 4 nitrogen and oxygen atoms in total. The summed E-state index contributed by atoms with van der Waals surface area (Å²) in [5, 5.41) is 14.2. The van der Waals surface area contributed by atoms with Gasteiger partial charge in [-0.25, -0.2) is 0 Å². The number of hydrogen-bond donors (Lipinski definition) is 1. The molecule has 0 fully saturated rings. The third-order valence-corrected chi connectivity index (χ3v) is 3.68. The van der Waals surface area contributed by atoms with Gasteiger partial charge in [0.2, 0.25) is 0 Å². The molecule has 1 unspecified atom stereocenters. The largest absolute Gasteiger partial charge is 0.385 e. The van der Waals surface area contributed by atoms with Gasteiger partial charge in [-0.3, -0.25) is 10.1 Å². The summed E-state index contributed by atoms with van der Waals surface area (Å²) in [5.41, 5.74) is 2.96. The second-order valence-electron chi connectivity index (χ2n) is 5.29. The second-order valence-corrected chi connectivity index (χ2v) is 5.29. The first-order chi connectivity index (χ1) is 10.1. The van der Waals surface area contributed by atoms with Crippen LogP contribution in [0.4, 0.5) is 11.4 Å². The number of hydrogen-bond acceptors (Lipinski definition) is 3. The molecular weight excluding hydrogens is 264 g/mol. The minimum absolute atomic E-state index is 0.163. The Morgan fingerprint density at radius 2 is 1.90 bits per heavy atom. The van der Waals surface area contributed by atoms with E-state index in [4.69, 9.17) is 0 Å². The zero-order chi connectivity index (χ0) is 15.2. The number of nitrogens with one attached hydrogen (secondary N) is 1. The van der Waals surface area contributed by atoms with Gasteiger partial charge in [0.15, 0.2) is 0 Å². The van der Waals surface area contributed by atoms with Crippen molar-refractivity contribution in [3.05, 3.63) is 69.8 Å². The van der Waals surface area contributed by atoms with Crippen molar-refractivity contribution in [3.63, 3.8) is 0 Å². The Kier molecular flexibility index (Phi) is 4.93. The zero-order valence-electron chi connectivity index (χ0n) is 12.4. The molecule has 0 aromatic heterocycles. The highest BCUT2D eigenvalue weighted by Gasteiger charge is 2.11. The van der Waals surface area contributed by atoms with E-state index in [9.17, 15) is 10.1 Å². The van der Waals surface area contributed by atoms with E-state index in [-0.39, 0.29) is 10.6 Å². The number of anilines is 1. The number of nitro benzene ring substituents is 1. The molecule has 2 aromatic carbocycles. The van der Waals surface area contributed by atoms with Gasteiger partial charge in [-0.05, 0) is 30.9 Å². The van der Waals surface area contributed by atoms with Crippen molar-refractivity contribution in [2.24, 2.45) is 0 Å². The molecule has 4 heteroatoms. The molecule has 0 amide bonds. The molecule has 0 bridgehead atoms. The van der Waals surface area contributed by atoms with Crippen LogP contribution in [0.3, 0.4) is 0 Å². The van der Waals surface area contributed by atoms with Crippen molar-refractivity contribution in [3.8, 4) is 0 Å². The highest BCUT2D eigenvalue weighted by Crippen LogP contribution is 2.23. The topological polar surface area (TPSA) is 55.2 Å². The van der Waals surface area contributed by atoms with Crippen LogP contribution >= 0.6 is 0 Å². The molecule has 0 aliphatic rings. The first-order valence-electron chi connectivity index (χ1n) is 7.12. The summed E-state index contributed by atoms with van der Waals surface area (Å²) in [5.74, 6) is 0.458. The Labute approximate surface area is 125 Å². The average Bonchev–Trinajstić information content (AvgIpc) is 2.49. The quantitative estimate of drug-likeness (QED) is 0.627. The Morgan fingerprint density at radius 1 is 1.19 bits per heavy atom. The second kappa shape index (κ2) is 6.88. The molecule has 0 saturated carbocycles. The van der Waals surface area contributed by atoms with Crippen LogP contribution in [0.25, 0.3) is 0 Å². The van der Waals surface area contributed by atoms with Crippen LogP contribution in [-0.4, -0.2) is 11.5 Å². The van der Waals surface area contributed by atoms with E-state index in [0.717, 1.165) is 18.7 Å². The lowest BCUT2D eigenvalue weighted by atomic mass is 9.98. The Morgan fingerprint density at radius 3 is 2.57 bits per heavy atom. The van der Waals surface area contributed by atoms with Gasteiger partial charge in [-0.15, -0.1) is 0 Å². The van der Waals surface area contributed by atoms with E-state index in [0.29, 0.717) is 11.5 Å². The number of nitrogens with zero attached hydrogens (tertiary/aromatic N) is 1. The van der Waals surface area contributed by atoms with Gasteiger partial charge in [-0.2, -0.15) is 0 Å². The molecule has 1 N–H and O–H groups in total. The average molecular weight is 284 g/mol. The van der Waals surface area contributed by atoms with Crippen molar-refractivity contribution >= 4 is 11.4 Å². The van der Waals surface area contributed by atoms with E-state index < -0.39 is 0 Å². The maximum absolute atomic E-state index is 10.9. The maximum atomic E-state index is 10.9. The van der Waals surface area contributed by atoms with Gasteiger partial charge in [0.1, 0.15) is 0 Å². The van der Waals surface area contributed by atoms with Crippen molar-refractivity contribution in [1.82, 2.24) is 0 Å². The van der Waals surface area contributed by atoms with Crippen molar-refractivity contribution in [2.75, 3.05) is 11.9 Å². The fourth-order valence-electron chi connectivity index (χ4n) is 2.30. The zero-order valence-corrected chi connectivity index (χ0v) is 12.4. The molecule has 0 heterocycles. The standard InChI is InChI=1S/C17H20N2O2/c1-13(15-6-4-3-5-7-15)10-11-18-16-9-8-14(2)17(12-16)19(20)21/h3-9,12-13,18H,10-11H2,1-2H3. The molecule has 110 valence electrons. The van der Waals surface area contributed by atoms with Crippen LogP contribution in [0.5, 0.6) is 0 Å². The Balaban J connectivity index is 1.92. The summed E-state index contributed by atoms with van der Waals surface area (Å²) in [7, 11) is 0. The van der Waals surface area contributed by atoms with E-state index in [1.807, 2.05) is 24.3 Å². The lowest BCUT2D eigenvalue weighted by molar-refractivity contribution is -0.385. The van der Waals surface area contributed by atoms with Gasteiger partial charge >= 0.3 is 0 Å². The molecule has 0 aliphatic heterocycles. The van der Waals surface area contributed by atoms with Crippen molar-refractivity contribution in [2.45, 2.75) is 26.2 Å². The third-order valence-electron chi connectivity index (χ3n) is 3.68. The molecule has 21 heavy (non-hydrogen) atoms. The molecule has 0 spiro atoms. The van der Waals surface area contributed by atoms with Gasteiger partial charge in [-0.1, -0.05) is 43.3 Å². The minimum atomic E-state index is -0.340. The van der Waals surface area contributed by atoms with E-state index in [1.54, 1.807) is 19.1 Å². The lowest BCUT2D eigenvalue weighted by Gasteiger charge is -2.13. The molecule has 0 radical (unpaired) electrons. The first-order valence-corrected chi connectivity index (χ1v) is 7.12. The molecule has 1 atom stereocenters. The monoisotopic (exact) mass is 284 g/mol. The Bertz CT molecular complexity index is 611. The van der Waals surface area contributed by atoms with Crippen molar-refractivity contribution < 1.29 is 4.92 Å². The van der Waals surface area contributed by atoms with Crippen LogP contribution in [0.15, 0.2) is 48.5 Å². The summed E-state index contributed by atoms with van der Waals surface area (Å²) in [6, 6.07) is 15.6. The maximum Gasteiger partial charge on any atom is 0.274 e. The fraction of sp³-hybridized carbons (Fsp3) is 0.294. The summed E-state index contributed by atoms with van der Waals surface area (Å²) in [6.07, 6.45) is 0.978. The van der Waals surface area contributed by atoms with E-state index in [1.165, 1.54) is 5.56 Å². The fourth-order valence-corrected chi connectivity index (χ4v) is 2.30. The van der Waals surface area contributed by atoms with Gasteiger partial charge in [0.25, 0.3) is 5.69 Å². The number of aryl methyl sites for hydroxylation is 1. The van der Waals surface area contributed by atoms with Crippen LogP contribution in [0.2, 0.25) is 0 Å². The SMILES string of the molecule is Cc1ccc(NCCC(C)c2ccccc2)cc1[N+](=O)[O-]. The smallest absolute Gasteiger partial charge is 0.274 e. The summed E-state index contributed by atoms with van der Waals surface area (Å²) in [4.78, 5) is 10.6. The molecular formula is C17H20N2O2. The predicted molar refractivity (Wildman–Crippen MR) is 85.8 cm³/mol. The van der Waals surface area contributed by atoms with Crippen molar-refractivity contribution in [1.29, 1.82) is 0 Å². The van der Waals surface area contributed by atoms with Gasteiger partial charge < -0.3 is 5.32 Å². The molecule has 2 aromatic rings. The van der Waals surface area contributed by atoms with E-state index in [2.05, 4.69) is 24.4 Å². The van der Waals surface area contributed by atoms with E-state index >= 15 is 0 Å². The van der Waals surface area contributed by atoms with Gasteiger partial charge in [0.05, 0.1) is 4.92 Å².